The van der Waals surface area contributed by atoms with E-state index >= 15 is 0 Å². The van der Waals surface area contributed by atoms with Crippen LogP contribution >= 0.6 is 11.3 Å². The average molecular weight is 247 g/mol. The second-order valence-electron chi connectivity index (χ2n) is 3.54. The Labute approximate surface area is 103 Å². The Hall–Kier alpha value is -1.88. The van der Waals surface area contributed by atoms with E-state index in [1.54, 1.807) is 17.4 Å². The lowest BCUT2D eigenvalue weighted by Crippen LogP contribution is -2.28. The van der Waals surface area contributed by atoms with E-state index in [4.69, 9.17) is 0 Å². The fraction of sp³-hybridized carbons (Fsp3) is 0.167. The molecule has 2 rings (SSSR count). The summed E-state index contributed by atoms with van der Waals surface area (Å²) in [7, 11) is 0. The van der Waals surface area contributed by atoms with Crippen LogP contribution in [-0.4, -0.2) is 17.6 Å². The Bertz CT molecular complexity index is 562. The zero-order chi connectivity index (χ0) is 12.3. The zero-order valence-corrected chi connectivity index (χ0v) is 10.3. The van der Waals surface area contributed by atoms with Crippen molar-refractivity contribution in [1.29, 1.82) is 0 Å². The summed E-state index contributed by atoms with van der Waals surface area (Å²) in [6.45, 7) is 5.95. The van der Waals surface area contributed by atoms with Gasteiger partial charge in [-0.1, -0.05) is 6.08 Å². The van der Waals surface area contributed by atoms with Crippen molar-refractivity contribution in [2.45, 2.75) is 6.92 Å². The van der Waals surface area contributed by atoms with Gasteiger partial charge in [-0.05, 0) is 25.1 Å². The van der Waals surface area contributed by atoms with E-state index in [-0.39, 0.29) is 6.03 Å². The lowest BCUT2D eigenvalue weighted by Gasteiger charge is -2.05. The van der Waals surface area contributed by atoms with Crippen molar-refractivity contribution in [1.82, 2.24) is 10.3 Å². The summed E-state index contributed by atoms with van der Waals surface area (Å²) in [5, 5.41) is 6.41. The van der Waals surface area contributed by atoms with Crippen molar-refractivity contribution < 1.29 is 4.79 Å². The lowest BCUT2D eigenvalue weighted by molar-refractivity contribution is 0.253. The normalized spacial score (nSPS) is 10.2. The number of aryl methyl sites for hydroxylation is 1. The molecular formula is C12H13N3OS. The van der Waals surface area contributed by atoms with Crippen molar-refractivity contribution >= 4 is 33.3 Å². The highest BCUT2D eigenvalue weighted by atomic mass is 32.1. The molecule has 5 heteroatoms. The van der Waals surface area contributed by atoms with Crippen LogP contribution in [0.2, 0.25) is 0 Å². The number of nitrogens with zero attached hydrogens (tertiary/aromatic N) is 1. The maximum atomic E-state index is 11.4. The monoisotopic (exact) mass is 247 g/mol. The van der Waals surface area contributed by atoms with Crippen molar-refractivity contribution in [3.63, 3.8) is 0 Å². The number of carbonyl (C=O) groups is 1. The molecule has 0 bridgehead atoms. The van der Waals surface area contributed by atoms with Crippen molar-refractivity contribution in [3.8, 4) is 0 Å². The summed E-state index contributed by atoms with van der Waals surface area (Å²) in [6.07, 6.45) is 1.63. The number of fused-ring (bicyclic) bond motifs is 1. The summed E-state index contributed by atoms with van der Waals surface area (Å²) in [5.41, 5.74) is 1.65. The van der Waals surface area contributed by atoms with Crippen LogP contribution < -0.4 is 10.6 Å². The third-order valence-corrected chi connectivity index (χ3v) is 3.11. The maximum Gasteiger partial charge on any atom is 0.319 e. The first-order chi connectivity index (χ1) is 8.19. The van der Waals surface area contributed by atoms with Gasteiger partial charge in [-0.25, -0.2) is 9.78 Å². The van der Waals surface area contributed by atoms with Crippen LogP contribution in [0.15, 0.2) is 30.9 Å². The minimum Gasteiger partial charge on any atom is -0.334 e. The molecule has 0 aliphatic carbocycles. The number of aromatic nitrogens is 1. The fourth-order valence-corrected chi connectivity index (χ4v) is 2.27. The maximum absolute atomic E-state index is 11.4. The van der Waals surface area contributed by atoms with E-state index in [0.717, 1.165) is 20.9 Å². The topological polar surface area (TPSA) is 54.0 Å². The molecule has 2 amide bonds. The SMILES string of the molecule is C=CCNC(=O)Nc1ccc2sc(C)nc2c1. The Kier molecular flexibility index (Phi) is 3.39. The molecule has 1 aromatic heterocycles. The molecule has 0 unspecified atom stereocenters. The number of urea groups is 1. The number of carbonyl (C=O) groups excluding carboxylic acids is 1. The first-order valence-electron chi connectivity index (χ1n) is 5.22. The molecule has 0 aliphatic rings. The van der Waals surface area contributed by atoms with Gasteiger partial charge in [0.2, 0.25) is 0 Å². The van der Waals surface area contributed by atoms with Gasteiger partial charge >= 0.3 is 6.03 Å². The third kappa shape index (κ3) is 2.82. The molecular weight excluding hydrogens is 234 g/mol. The van der Waals surface area contributed by atoms with E-state index in [2.05, 4.69) is 22.2 Å². The Morgan fingerprint density at radius 1 is 1.59 bits per heavy atom. The average Bonchev–Trinajstić information content (AvgIpc) is 2.65. The number of hydrogen-bond acceptors (Lipinski definition) is 3. The van der Waals surface area contributed by atoms with Crippen LogP contribution in [0.1, 0.15) is 5.01 Å². The summed E-state index contributed by atoms with van der Waals surface area (Å²) in [6, 6.07) is 5.46. The molecule has 2 N–H and O–H groups in total. The number of benzene rings is 1. The summed E-state index contributed by atoms with van der Waals surface area (Å²) < 4.78 is 1.12. The number of thiazole rings is 1. The van der Waals surface area contributed by atoms with Crippen LogP contribution in [0.5, 0.6) is 0 Å². The Morgan fingerprint density at radius 2 is 2.41 bits per heavy atom. The van der Waals surface area contributed by atoms with Crippen molar-refractivity contribution in [2.24, 2.45) is 0 Å². The molecule has 88 valence electrons. The number of nitrogens with one attached hydrogen (secondary N) is 2. The molecule has 0 radical (unpaired) electrons. The summed E-state index contributed by atoms with van der Waals surface area (Å²) in [5.74, 6) is 0. The second kappa shape index (κ2) is 4.97. The highest BCUT2D eigenvalue weighted by Crippen LogP contribution is 2.24. The van der Waals surface area contributed by atoms with Crippen LogP contribution in [0.3, 0.4) is 0 Å². The fourth-order valence-electron chi connectivity index (χ4n) is 1.46. The zero-order valence-electron chi connectivity index (χ0n) is 9.49. The molecule has 4 nitrogen and oxygen atoms in total. The predicted octanol–water partition coefficient (Wildman–Crippen LogP) is 2.91. The van der Waals surface area contributed by atoms with Gasteiger partial charge in [0.25, 0.3) is 0 Å². The molecule has 0 aliphatic heterocycles. The highest BCUT2D eigenvalue weighted by Gasteiger charge is 2.04. The number of rotatable bonds is 3. The van der Waals surface area contributed by atoms with E-state index in [1.807, 2.05) is 25.1 Å². The Morgan fingerprint density at radius 3 is 3.18 bits per heavy atom. The summed E-state index contributed by atoms with van der Waals surface area (Å²) >= 11 is 1.64. The first-order valence-corrected chi connectivity index (χ1v) is 6.03. The standard InChI is InChI=1S/C12H13N3OS/c1-3-6-13-12(16)15-9-4-5-11-10(7-9)14-8(2)17-11/h3-5,7H,1,6H2,2H3,(H2,13,15,16). The third-order valence-electron chi connectivity index (χ3n) is 2.16. The van der Waals surface area contributed by atoms with Gasteiger partial charge in [0.05, 0.1) is 15.2 Å². The van der Waals surface area contributed by atoms with E-state index < -0.39 is 0 Å². The number of amides is 2. The highest BCUT2D eigenvalue weighted by molar-refractivity contribution is 7.18. The molecule has 17 heavy (non-hydrogen) atoms. The molecule has 0 saturated heterocycles. The smallest absolute Gasteiger partial charge is 0.319 e. The van der Waals surface area contributed by atoms with Gasteiger partial charge in [-0.2, -0.15) is 0 Å². The molecule has 2 aromatic rings. The second-order valence-corrected chi connectivity index (χ2v) is 4.77. The first kappa shape index (κ1) is 11.6. The quantitative estimate of drug-likeness (QED) is 0.819. The minimum atomic E-state index is -0.240. The number of hydrogen-bond donors (Lipinski definition) is 2. The molecule has 0 spiro atoms. The molecule has 0 atom stereocenters. The minimum absolute atomic E-state index is 0.240. The Balaban J connectivity index is 2.13. The van der Waals surface area contributed by atoms with E-state index in [0.29, 0.717) is 6.54 Å². The van der Waals surface area contributed by atoms with Gasteiger partial charge in [-0.15, -0.1) is 17.9 Å². The number of anilines is 1. The lowest BCUT2D eigenvalue weighted by atomic mass is 10.3. The van der Waals surface area contributed by atoms with Gasteiger partial charge < -0.3 is 10.6 Å². The van der Waals surface area contributed by atoms with Gasteiger partial charge in [0.1, 0.15) is 0 Å². The largest absolute Gasteiger partial charge is 0.334 e. The molecule has 0 saturated carbocycles. The van der Waals surface area contributed by atoms with Crippen molar-refractivity contribution in [3.05, 3.63) is 35.9 Å². The van der Waals surface area contributed by atoms with E-state index in [1.165, 1.54) is 0 Å². The predicted molar refractivity (Wildman–Crippen MR) is 71.6 cm³/mol. The van der Waals surface area contributed by atoms with Gasteiger partial charge in [0.15, 0.2) is 0 Å². The molecule has 1 heterocycles. The van der Waals surface area contributed by atoms with Gasteiger partial charge in [-0.3, -0.25) is 0 Å². The van der Waals surface area contributed by atoms with Crippen LogP contribution in [0.4, 0.5) is 10.5 Å². The van der Waals surface area contributed by atoms with Crippen LogP contribution in [0.25, 0.3) is 10.2 Å². The van der Waals surface area contributed by atoms with Crippen LogP contribution in [0, 0.1) is 6.92 Å². The van der Waals surface area contributed by atoms with Crippen molar-refractivity contribution in [2.75, 3.05) is 11.9 Å². The summed E-state index contributed by atoms with van der Waals surface area (Å²) in [4.78, 5) is 15.8. The molecule has 1 aromatic carbocycles. The molecule has 0 fully saturated rings. The van der Waals surface area contributed by atoms with Crippen LogP contribution in [-0.2, 0) is 0 Å². The van der Waals surface area contributed by atoms with Gasteiger partial charge in [0, 0.05) is 12.2 Å². The van der Waals surface area contributed by atoms with E-state index in [9.17, 15) is 4.79 Å².